The van der Waals surface area contributed by atoms with Crippen LogP contribution in [0.5, 0.6) is 0 Å². The summed E-state index contributed by atoms with van der Waals surface area (Å²) >= 11 is 0. The molecule has 3 nitrogen and oxygen atoms in total. The third-order valence-electron chi connectivity index (χ3n) is 4.12. The van der Waals surface area contributed by atoms with Crippen LogP contribution in [0.1, 0.15) is 32.6 Å². The molecule has 1 N–H and O–H groups in total. The number of aromatic nitrogens is 1. The van der Waals surface area contributed by atoms with Gasteiger partial charge in [0.15, 0.2) is 0 Å². The van der Waals surface area contributed by atoms with Crippen LogP contribution in [0.2, 0.25) is 0 Å². The summed E-state index contributed by atoms with van der Waals surface area (Å²) in [7, 11) is 0. The third kappa shape index (κ3) is 2.82. The molecule has 1 amide bonds. The van der Waals surface area contributed by atoms with Crippen LogP contribution < -0.4 is 5.32 Å². The van der Waals surface area contributed by atoms with E-state index in [4.69, 9.17) is 0 Å². The van der Waals surface area contributed by atoms with Gasteiger partial charge >= 0.3 is 0 Å². The molecule has 1 heterocycles. The molecule has 0 spiro atoms. The summed E-state index contributed by atoms with van der Waals surface area (Å²) in [6.07, 6.45) is 1.77. The second-order valence-electron chi connectivity index (χ2n) is 6.06. The number of fused-ring (bicyclic) bond motifs is 1. The molecule has 0 saturated heterocycles. The molecule has 0 saturated carbocycles. The standard InChI is InChI=1S/C20H20N2O/c1-12-10-14(3)18(15(4)11-12)20(23)22-17-8-7-13(2)19-16(17)6-5-9-21-19/h5-11H,1-4H3,(H,22,23). The van der Waals surface area contributed by atoms with E-state index >= 15 is 0 Å². The maximum Gasteiger partial charge on any atom is 0.256 e. The summed E-state index contributed by atoms with van der Waals surface area (Å²) in [4.78, 5) is 17.2. The van der Waals surface area contributed by atoms with Crippen LogP contribution in [0.25, 0.3) is 10.9 Å². The number of benzene rings is 2. The van der Waals surface area contributed by atoms with Crippen LogP contribution in [0.3, 0.4) is 0 Å². The molecule has 1 aromatic heterocycles. The van der Waals surface area contributed by atoms with Crippen molar-refractivity contribution in [3.05, 3.63) is 70.4 Å². The Balaban J connectivity index is 2.03. The van der Waals surface area contributed by atoms with Gasteiger partial charge in [0.05, 0.1) is 11.2 Å². The molecule has 0 radical (unpaired) electrons. The molecule has 0 fully saturated rings. The lowest BCUT2D eigenvalue weighted by atomic mass is 9.99. The fraction of sp³-hybridized carbons (Fsp3) is 0.200. The first kappa shape index (κ1) is 15.2. The number of amides is 1. The smallest absolute Gasteiger partial charge is 0.256 e. The van der Waals surface area contributed by atoms with E-state index < -0.39 is 0 Å². The molecule has 0 aliphatic carbocycles. The highest BCUT2D eigenvalue weighted by Gasteiger charge is 2.14. The fourth-order valence-corrected chi connectivity index (χ4v) is 3.15. The minimum absolute atomic E-state index is 0.0750. The lowest BCUT2D eigenvalue weighted by Crippen LogP contribution is -2.15. The molecule has 23 heavy (non-hydrogen) atoms. The monoisotopic (exact) mass is 304 g/mol. The Kier molecular flexibility index (Phi) is 3.87. The van der Waals surface area contributed by atoms with E-state index in [1.807, 2.05) is 64.1 Å². The number of hydrogen-bond donors (Lipinski definition) is 1. The van der Waals surface area contributed by atoms with Crippen molar-refractivity contribution in [2.24, 2.45) is 0 Å². The summed E-state index contributed by atoms with van der Waals surface area (Å²) in [5, 5.41) is 4.01. The van der Waals surface area contributed by atoms with E-state index in [0.29, 0.717) is 0 Å². The highest BCUT2D eigenvalue weighted by Crippen LogP contribution is 2.26. The van der Waals surface area contributed by atoms with Crippen LogP contribution in [0, 0.1) is 27.7 Å². The van der Waals surface area contributed by atoms with Crippen molar-refractivity contribution in [3.63, 3.8) is 0 Å². The zero-order valence-electron chi connectivity index (χ0n) is 13.9. The predicted molar refractivity (Wildman–Crippen MR) is 95.1 cm³/mol. The molecule has 2 aromatic carbocycles. The zero-order chi connectivity index (χ0) is 16.6. The van der Waals surface area contributed by atoms with Gasteiger partial charge < -0.3 is 5.32 Å². The number of nitrogens with one attached hydrogen (secondary N) is 1. The SMILES string of the molecule is Cc1cc(C)c(C(=O)Nc2ccc(C)c3ncccc23)c(C)c1. The minimum Gasteiger partial charge on any atom is -0.321 e. The lowest BCUT2D eigenvalue weighted by Gasteiger charge is -2.13. The van der Waals surface area contributed by atoms with Gasteiger partial charge in [-0.2, -0.15) is 0 Å². The third-order valence-corrected chi connectivity index (χ3v) is 4.12. The first-order chi connectivity index (χ1) is 11.0. The maximum atomic E-state index is 12.8. The van der Waals surface area contributed by atoms with Crippen LogP contribution in [0.4, 0.5) is 5.69 Å². The second-order valence-corrected chi connectivity index (χ2v) is 6.06. The van der Waals surface area contributed by atoms with Crippen molar-refractivity contribution in [2.75, 3.05) is 5.32 Å². The van der Waals surface area contributed by atoms with Crippen LogP contribution in [-0.2, 0) is 0 Å². The number of anilines is 1. The number of rotatable bonds is 2. The summed E-state index contributed by atoms with van der Waals surface area (Å²) in [6.45, 7) is 8.02. The van der Waals surface area contributed by atoms with Crippen LogP contribution in [0.15, 0.2) is 42.6 Å². The van der Waals surface area contributed by atoms with Crippen molar-refractivity contribution < 1.29 is 4.79 Å². The summed E-state index contributed by atoms with van der Waals surface area (Å²) < 4.78 is 0. The quantitative estimate of drug-likeness (QED) is 0.744. The lowest BCUT2D eigenvalue weighted by molar-refractivity contribution is 0.102. The van der Waals surface area contributed by atoms with E-state index in [1.54, 1.807) is 6.20 Å². The first-order valence-electron chi connectivity index (χ1n) is 7.71. The van der Waals surface area contributed by atoms with Gasteiger partial charge in [-0.3, -0.25) is 9.78 Å². The number of nitrogens with zero attached hydrogens (tertiary/aromatic N) is 1. The highest BCUT2D eigenvalue weighted by atomic mass is 16.1. The Labute approximate surface area is 136 Å². The maximum absolute atomic E-state index is 12.8. The molecule has 3 heteroatoms. The summed E-state index contributed by atoms with van der Waals surface area (Å²) in [6, 6.07) is 11.9. The van der Waals surface area contributed by atoms with Gasteiger partial charge in [0, 0.05) is 17.1 Å². The van der Waals surface area contributed by atoms with Crippen molar-refractivity contribution in [3.8, 4) is 0 Å². The number of carbonyl (C=O) groups is 1. The Morgan fingerprint density at radius 3 is 2.35 bits per heavy atom. The first-order valence-corrected chi connectivity index (χ1v) is 7.71. The Morgan fingerprint density at radius 1 is 0.957 bits per heavy atom. The average Bonchev–Trinajstić information content (AvgIpc) is 2.49. The molecule has 116 valence electrons. The highest BCUT2D eigenvalue weighted by molar-refractivity contribution is 6.10. The molecule has 0 unspecified atom stereocenters. The Morgan fingerprint density at radius 2 is 1.65 bits per heavy atom. The molecule has 0 bridgehead atoms. The molecular weight excluding hydrogens is 284 g/mol. The summed E-state index contributed by atoms with van der Waals surface area (Å²) in [5.74, 6) is -0.0750. The molecule has 0 aliphatic heterocycles. The topological polar surface area (TPSA) is 42.0 Å². The number of carbonyl (C=O) groups excluding carboxylic acids is 1. The van der Waals surface area contributed by atoms with Gasteiger partial charge in [-0.1, -0.05) is 23.8 Å². The molecule has 3 aromatic rings. The van der Waals surface area contributed by atoms with Gasteiger partial charge in [0.25, 0.3) is 5.91 Å². The predicted octanol–water partition coefficient (Wildman–Crippen LogP) is 4.72. The molecule has 3 rings (SSSR count). The Bertz CT molecular complexity index is 890. The normalized spacial score (nSPS) is 10.8. The van der Waals surface area contributed by atoms with Gasteiger partial charge in [-0.15, -0.1) is 0 Å². The van der Waals surface area contributed by atoms with Crippen molar-refractivity contribution in [1.82, 2.24) is 4.98 Å². The van der Waals surface area contributed by atoms with E-state index in [-0.39, 0.29) is 5.91 Å². The van der Waals surface area contributed by atoms with Gasteiger partial charge in [-0.25, -0.2) is 0 Å². The second kappa shape index (κ2) is 5.84. The van der Waals surface area contributed by atoms with E-state index in [0.717, 1.165) is 38.8 Å². The van der Waals surface area contributed by atoms with Crippen molar-refractivity contribution in [1.29, 1.82) is 0 Å². The number of pyridine rings is 1. The van der Waals surface area contributed by atoms with Crippen LogP contribution in [-0.4, -0.2) is 10.9 Å². The van der Waals surface area contributed by atoms with Crippen LogP contribution >= 0.6 is 0 Å². The Hall–Kier alpha value is -2.68. The van der Waals surface area contributed by atoms with Crippen molar-refractivity contribution >= 4 is 22.5 Å². The minimum atomic E-state index is -0.0750. The number of aryl methyl sites for hydroxylation is 4. The molecule has 0 aliphatic rings. The summed E-state index contributed by atoms with van der Waals surface area (Å²) in [5.41, 5.74) is 6.71. The van der Waals surface area contributed by atoms with Gasteiger partial charge in [-0.05, 0) is 62.6 Å². The molecular formula is C20H20N2O. The fourth-order valence-electron chi connectivity index (χ4n) is 3.15. The van der Waals surface area contributed by atoms with Gasteiger partial charge in [0.2, 0.25) is 0 Å². The van der Waals surface area contributed by atoms with E-state index in [2.05, 4.69) is 10.3 Å². The zero-order valence-corrected chi connectivity index (χ0v) is 13.9. The van der Waals surface area contributed by atoms with E-state index in [1.165, 1.54) is 5.56 Å². The largest absolute Gasteiger partial charge is 0.321 e. The average molecular weight is 304 g/mol. The molecule has 0 atom stereocenters. The van der Waals surface area contributed by atoms with E-state index in [9.17, 15) is 4.79 Å². The van der Waals surface area contributed by atoms with Gasteiger partial charge in [0.1, 0.15) is 0 Å². The van der Waals surface area contributed by atoms with Crippen molar-refractivity contribution in [2.45, 2.75) is 27.7 Å². The number of hydrogen-bond acceptors (Lipinski definition) is 2.